The van der Waals surface area contributed by atoms with Gasteiger partial charge in [-0.05, 0) is 32.0 Å². The van der Waals surface area contributed by atoms with Crippen molar-refractivity contribution in [1.82, 2.24) is 0 Å². The van der Waals surface area contributed by atoms with Gasteiger partial charge in [0, 0.05) is 13.2 Å². The van der Waals surface area contributed by atoms with E-state index in [0.29, 0.717) is 6.10 Å². The third-order valence-electron chi connectivity index (χ3n) is 2.94. The van der Waals surface area contributed by atoms with E-state index in [1.165, 1.54) is 12.1 Å². The van der Waals surface area contributed by atoms with Gasteiger partial charge >= 0.3 is 0 Å². The van der Waals surface area contributed by atoms with Gasteiger partial charge in [-0.3, -0.25) is 0 Å². The molecule has 0 bridgehead atoms. The molecule has 0 aliphatic carbocycles. The van der Waals surface area contributed by atoms with E-state index in [1.54, 1.807) is 0 Å². The second-order valence-corrected chi connectivity index (χ2v) is 8.77. The molecule has 1 saturated heterocycles. The van der Waals surface area contributed by atoms with Crippen molar-refractivity contribution in [2.24, 2.45) is 0 Å². The molecule has 0 aromatic carbocycles. The molecule has 90 valence electrons. The van der Waals surface area contributed by atoms with Gasteiger partial charge in [0.2, 0.25) is 0 Å². The molecular weight excluding hydrogens is 208 g/mol. The molecule has 0 spiro atoms. The Kier molecular flexibility index (Phi) is 5.82. The van der Waals surface area contributed by atoms with Gasteiger partial charge < -0.3 is 13.9 Å². The fourth-order valence-corrected chi connectivity index (χ4v) is 3.92. The summed E-state index contributed by atoms with van der Waals surface area (Å²) in [5, 5.41) is 0. The zero-order valence-electron chi connectivity index (χ0n) is 10.3. The average Bonchev–Trinajstić information content (AvgIpc) is 3.02. The SMILES string of the molecule is CCO[Si](C)(CC)CCCOCC1CO1. The molecule has 3 nitrogen and oxygen atoms in total. The van der Waals surface area contributed by atoms with Crippen LogP contribution in [-0.2, 0) is 13.9 Å². The molecule has 0 aromatic heterocycles. The van der Waals surface area contributed by atoms with Crippen LogP contribution in [-0.4, -0.2) is 40.8 Å². The van der Waals surface area contributed by atoms with E-state index in [9.17, 15) is 0 Å². The zero-order chi connectivity index (χ0) is 11.1. The van der Waals surface area contributed by atoms with Crippen molar-refractivity contribution in [3.63, 3.8) is 0 Å². The average molecular weight is 232 g/mol. The lowest BCUT2D eigenvalue weighted by molar-refractivity contribution is 0.116. The van der Waals surface area contributed by atoms with Crippen LogP contribution in [0.3, 0.4) is 0 Å². The van der Waals surface area contributed by atoms with E-state index < -0.39 is 8.32 Å². The lowest BCUT2D eigenvalue weighted by Crippen LogP contribution is -2.33. The van der Waals surface area contributed by atoms with E-state index in [-0.39, 0.29) is 0 Å². The molecule has 2 unspecified atom stereocenters. The zero-order valence-corrected chi connectivity index (χ0v) is 11.3. The summed E-state index contributed by atoms with van der Waals surface area (Å²) in [5.41, 5.74) is 0. The van der Waals surface area contributed by atoms with Crippen LogP contribution in [0.15, 0.2) is 0 Å². The Balaban J connectivity index is 1.99. The lowest BCUT2D eigenvalue weighted by Gasteiger charge is -2.25. The van der Waals surface area contributed by atoms with Gasteiger partial charge in [-0.1, -0.05) is 6.92 Å². The number of epoxide rings is 1. The van der Waals surface area contributed by atoms with Crippen molar-refractivity contribution < 1.29 is 13.9 Å². The third-order valence-corrected chi connectivity index (χ3v) is 6.83. The fourth-order valence-electron chi connectivity index (χ4n) is 1.63. The van der Waals surface area contributed by atoms with Crippen LogP contribution in [0.25, 0.3) is 0 Å². The van der Waals surface area contributed by atoms with E-state index in [4.69, 9.17) is 13.9 Å². The summed E-state index contributed by atoms with van der Waals surface area (Å²) in [7, 11) is -1.40. The van der Waals surface area contributed by atoms with Crippen LogP contribution in [0.1, 0.15) is 20.3 Å². The molecule has 0 saturated carbocycles. The minimum Gasteiger partial charge on any atom is -0.417 e. The number of ether oxygens (including phenoxy) is 2. The quantitative estimate of drug-likeness (QED) is 0.347. The molecule has 2 atom stereocenters. The highest BCUT2D eigenvalue weighted by Crippen LogP contribution is 2.19. The molecule has 1 heterocycles. The molecule has 1 fully saturated rings. The second kappa shape index (κ2) is 6.63. The minimum atomic E-state index is -1.40. The van der Waals surface area contributed by atoms with Gasteiger partial charge in [0.15, 0.2) is 8.32 Å². The van der Waals surface area contributed by atoms with Crippen LogP contribution in [0.5, 0.6) is 0 Å². The Morgan fingerprint density at radius 2 is 2.13 bits per heavy atom. The maximum Gasteiger partial charge on any atom is 0.189 e. The van der Waals surface area contributed by atoms with Gasteiger partial charge in [0.25, 0.3) is 0 Å². The molecule has 15 heavy (non-hydrogen) atoms. The van der Waals surface area contributed by atoms with Crippen molar-refractivity contribution in [2.75, 3.05) is 26.4 Å². The Bertz CT molecular complexity index is 173. The Morgan fingerprint density at radius 3 is 2.67 bits per heavy atom. The normalized spacial score (nSPS) is 23.8. The summed E-state index contributed by atoms with van der Waals surface area (Å²) >= 11 is 0. The summed E-state index contributed by atoms with van der Waals surface area (Å²) in [6, 6.07) is 2.41. The van der Waals surface area contributed by atoms with E-state index in [2.05, 4.69) is 20.4 Å². The molecule has 0 amide bonds. The highest BCUT2D eigenvalue weighted by atomic mass is 28.4. The molecule has 1 rings (SSSR count). The van der Waals surface area contributed by atoms with E-state index in [1.807, 2.05) is 0 Å². The first-order valence-corrected chi connectivity index (χ1v) is 8.85. The monoisotopic (exact) mass is 232 g/mol. The first-order chi connectivity index (χ1) is 7.20. The summed E-state index contributed by atoms with van der Waals surface area (Å²) in [6.07, 6.45) is 1.52. The lowest BCUT2D eigenvalue weighted by atomic mass is 10.5. The van der Waals surface area contributed by atoms with E-state index in [0.717, 1.165) is 32.8 Å². The molecule has 4 heteroatoms. The maximum absolute atomic E-state index is 5.88. The predicted octanol–water partition coefficient (Wildman–Crippen LogP) is 2.42. The summed E-state index contributed by atoms with van der Waals surface area (Å²) in [4.78, 5) is 0. The smallest absolute Gasteiger partial charge is 0.189 e. The summed E-state index contributed by atoms with van der Waals surface area (Å²) in [6.45, 7) is 10.0. The van der Waals surface area contributed by atoms with Crippen molar-refractivity contribution in [2.45, 2.75) is 45.0 Å². The van der Waals surface area contributed by atoms with Gasteiger partial charge in [-0.25, -0.2) is 0 Å². The van der Waals surface area contributed by atoms with Crippen LogP contribution in [0, 0.1) is 0 Å². The molecule has 1 aliphatic rings. The topological polar surface area (TPSA) is 31.0 Å². The highest BCUT2D eigenvalue weighted by Gasteiger charge is 2.26. The van der Waals surface area contributed by atoms with Crippen molar-refractivity contribution in [3.8, 4) is 0 Å². The number of rotatable bonds is 9. The van der Waals surface area contributed by atoms with Crippen LogP contribution >= 0.6 is 0 Å². The molecule has 0 N–H and O–H groups in total. The van der Waals surface area contributed by atoms with Crippen molar-refractivity contribution >= 4 is 8.32 Å². The minimum absolute atomic E-state index is 0.395. The standard InChI is InChI=1S/C11H24O3Si/c1-4-14-15(3,5-2)8-6-7-12-9-11-10-13-11/h11H,4-10H2,1-3H3. The Labute approximate surface area is 94.2 Å². The Morgan fingerprint density at radius 1 is 1.40 bits per heavy atom. The van der Waals surface area contributed by atoms with Crippen molar-refractivity contribution in [3.05, 3.63) is 0 Å². The molecular formula is C11H24O3Si. The number of hydrogen-bond acceptors (Lipinski definition) is 3. The maximum atomic E-state index is 5.88. The largest absolute Gasteiger partial charge is 0.417 e. The molecule has 1 aliphatic heterocycles. The Hall–Kier alpha value is 0.0969. The van der Waals surface area contributed by atoms with Gasteiger partial charge in [0.1, 0.15) is 6.10 Å². The number of hydrogen-bond donors (Lipinski definition) is 0. The summed E-state index contributed by atoms with van der Waals surface area (Å²) < 4.78 is 16.5. The molecule has 0 radical (unpaired) electrons. The van der Waals surface area contributed by atoms with Gasteiger partial charge in [0.05, 0.1) is 13.2 Å². The van der Waals surface area contributed by atoms with Crippen molar-refractivity contribution in [1.29, 1.82) is 0 Å². The first kappa shape index (κ1) is 13.2. The van der Waals surface area contributed by atoms with Crippen LogP contribution in [0.2, 0.25) is 18.6 Å². The first-order valence-electron chi connectivity index (χ1n) is 6.03. The summed E-state index contributed by atoms with van der Waals surface area (Å²) in [5.74, 6) is 0. The predicted molar refractivity (Wildman–Crippen MR) is 63.7 cm³/mol. The fraction of sp³-hybridized carbons (Fsp3) is 1.00. The molecule has 0 aromatic rings. The van der Waals surface area contributed by atoms with E-state index >= 15 is 0 Å². The van der Waals surface area contributed by atoms with Crippen LogP contribution < -0.4 is 0 Å². The highest BCUT2D eigenvalue weighted by molar-refractivity contribution is 6.72. The van der Waals surface area contributed by atoms with Gasteiger partial charge in [-0.15, -0.1) is 0 Å². The third kappa shape index (κ3) is 5.66. The second-order valence-electron chi connectivity index (χ2n) is 4.37. The van der Waals surface area contributed by atoms with Crippen LogP contribution in [0.4, 0.5) is 0 Å². The van der Waals surface area contributed by atoms with Gasteiger partial charge in [-0.2, -0.15) is 0 Å².